The summed E-state index contributed by atoms with van der Waals surface area (Å²) < 4.78 is 0. The Labute approximate surface area is 169 Å². The molecule has 0 aliphatic heterocycles. The standard InChI is InChI=1S/C23H21N3OS/c1-16-17(2)21(14-24)23(25-18(16)3)28-15-22(27)26(19-10-6-4-7-11-19)20-12-8-5-9-13-20/h4-13H,15H2,1-3H3. The van der Waals surface area contributed by atoms with Gasteiger partial charge < -0.3 is 0 Å². The number of pyridine rings is 1. The van der Waals surface area contributed by atoms with Gasteiger partial charge in [-0.25, -0.2) is 4.98 Å². The van der Waals surface area contributed by atoms with E-state index in [-0.39, 0.29) is 11.7 Å². The van der Waals surface area contributed by atoms with E-state index in [1.807, 2.05) is 81.4 Å². The molecule has 0 aliphatic rings. The number of nitriles is 1. The summed E-state index contributed by atoms with van der Waals surface area (Å²) in [6.45, 7) is 5.81. The van der Waals surface area contributed by atoms with E-state index in [0.29, 0.717) is 10.6 Å². The molecule has 3 aromatic rings. The molecule has 0 spiro atoms. The molecule has 4 nitrogen and oxygen atoms in total. The van der Waals surface area contributed by atoms with Gasteiger partial charge in [-0.05, 0) is 56.2 Å². The maximum atomic E-state index is 13.1. The molecule has 0 saturated carbocycles. The highest BCUT2D eigenvalue weighted by atomic mass is 32.2. The number of carbonyl (C=O) groups is 1. The molecule has 1 heterocycles. The van der Waals surface area contributed by atoms with Crippen molar-refractivity contribution in [3.8, 4) is 6.07 Å². The van der Waals surface area contributed by atoms with E-state index in [2.05, 4.69) is 11.1 Å². The number of aryl methyl sites for hydroxylation is 1. The summed E-state index contributed by atoms with van der Waals surface area (Å²) in [6, 6.07) is 21.4. The molecule has 1 amide bonds. The molecule has 1 aromatic heterocycles. The predicted molar refractivity (Wildman–Crippen MR) is 114 cm³/mol. The van der Waals surface area contributed by atoms with Gasteiger partial charge in [0.15, 0.2) is 0 Å². The second-order valence-corrected chi connectivity index (χ2v) is 7.39. The first-order valence-corrected chi connectivity index (χ1v) is 9.95. The first-order valence-electron chi connectivity index (χ1n) is 8.96. The van der Waals surface area contributed by atoms with Crippen molar-refractivity contribution in [1.82, 2.24) is 4.98 Å². The van der Waals surface area contributed by atoms with Gasteiger partial charge in [-0.1, -0.05) is 48.2 Å². The lowest BCUT2D eigenvalue weighted by Gasteiger charge is -2.23. The zero-order valence-corrected chi connectivity index (χ0v) is 17.0. The summed E-state index contributed by atoms with van der Waals surface area (Å²) in [5.74, 6) is 0.122. The number of aromatic nitrogens is 1. The van der Waals surface area contributed by atoms with E-state index < -0.39 is 0 Å². The van der Waals surface area contributed by atoms with Crippen LogP contribution in [0.4, 0.5) is 11.4 Å². The molecule has 2 aromatic carbocycles. The van der Waals surface area contributed by atoms with Crippen LogP contribution >= 0.6 is 11.8 Å². The molecular formula is C23H21N3OS. The smallest absolute Gasteiger partial charge is 0.241 e. The third-order valence-electron chi connectivity index (χ3n) is 4.69. The van der Waals surface area contributed by atoms with Crippen LogP contribution < -0.4 is 4.90 Å². The number of carbonyl (C=O) groups excluding carboxylic acids is 1. The van der Waals surface area contributed by atoms with Gasteiger partial charge in [0, 0.05) is 17.1 Å². The van der Waals surface area contributed by atoms with Gasteiger partial charge in [0.2, 0.25) is 5.91 Å². The summed E-state index contributed by atoms with van der Waals surface area (Å²) in [6.07, 6.45) is 0. The van der Waals surface area contributed by atoms with Crippen LogP contribution in [-0.2, 0) is 4.79 Å². The highest BCUT2D eigenvalue weighted by molar-refractivity contribution is 8.00. The molecule has 28 heavy (non-hydrogen) atoms. The van der Waals surface area contributed by atoms with Crippen molar-refractivity contribution in [1.29, 1.82) is 5.26 Å². The highest BCUT2D eigenvalue weighted by Gasteiger charge is 2.20. The van der Waals surface area contributed by atoms with Crippen LogP contribution in [0.15, 0.2) is 65.7 Å². The normalized spacial score (nSPS) is 10.4. The van der Waals surface area contributed by atoms with E-state index >= 15 is 0 Å². The van der Waals surface area contributed by atoms with Crippen LogP contribution in [0.3, 0.4) is 0 Å². The number of para-hydroxylation sites is 2. The lowest BCUT2D eigenvalue weighted by Crippen LogP contribution is -2.27. The molecule has 0 atom stereocenters. The number of hydrogen-bond acceptors (Lipinski definition) is 4. The Morgan fingerprint density at radius 3 is 2.00 bits per heavy atom. The largest absolute Gasteiger partial charge is 0.280 e. The van der Waals surface area contributed by atoms with Gasteiger partial charge in [0.05, 0.1) is 11.3 Å². The van der Waals surface area contributed by atoms with Crippen molar-refractivity contribution >= 4 is 29.0 Å². The van der Waals surface area contributed by atoms with Crippen molar-refractivity contribution in [2.45, 2.75) is 25.8 Å². The Hall–Kier alpha value is -3.10. The molecule has 0 unspecified atom stereocenters. The maximum absolute atomic E-state index is 13.1. The van der Waals surface area contributed by atoms with Crippen LogP contribution in [0.5, 0.6) is 0 Å². The van der Waals surface area contributed by atoms with Crippen LogP contribution in [0.25, 0.3) is 0 Å². The fourth-order valence-corrected chi connectivity index (χ4v) is 3.87. The predicted octanol–water partition coefficient (Wildman–Crippen LogP) is 5.34. The Bertz CT molecular complexity index is 988. The van der Waals surface area contributed by atoms with E-state index in [4.69, 9.17) is 0 Å². The number of anilines is 2. The van der Waals surface area contributed by atoms with Gasteiger partial charge >= 0.3 is 0 Å². The van der Waals surface area contributed by atoms with Crippen LogP contribution in [-0.4, -0.2) is 16.6 Å². The van der Waals surface area contributed by atoms with Crippen LogP contribution in [0.2, 0.25) is 0 Å². The minimum absolute atomic E-state index is 0.0658. The number of amides is 1. The third-order valence-corrected chi connectivity index (χ3v) is 5.65. The Morgan fingerprint density at radius 1 is 0.964 bits per heavy atom. The first-order chi connectivity index (χ1) is 13.5. The molecule has 0 fully saturated rings. The van der Waals surface area contributed by atoms with E-state index in [0.717, 1.165) is 28.2 Å². The molecule has 140 valence electrons. The summed E-state index contributed by atoms with van der Waals surface area (Å²) >= 11 is 1.31. The minimum atomic E-state index is -0.0658. The van der Waals surface area contributed by atoms with Crippen molar-refractivity contribution in [3.63, 3.8) is 0 Å². The maximum Gasteiger partial charge on any atom is 0.241 e. The quantitative estimate of drug-likeness (QED) is 0.555. The van der Waals surface area contributed by atoms with Gasteiger partial charge in [-0.3, -0.25) is 9.69 Å². The number of rotatable bonds is 5. The van der Waals surface area contributed by atoms with Crippen molar-refractivity contribution in [2.75, 3.05) is 10.7 Å². The summed E-state index contributed by atoms with van der Waals surface area (Å²) in [5.41, 5.74) is 4.99. The molecule has 0 saturated heterocycles. The fourth-order valence-electron chi connectivity index (χ4n) is 2.93. The number of hydrogen-bond donors (Lipinski definition) is 0. The van der Waals surface area contributed by atoms with Crippen molar-refractivity contribution < 1.29 is 4.79 Å². The lowest BCUT2D eigenvalue weighted by molar-refractivity contribution is -0.115. The Morgan fingerprint density at radius 2 is 1.50 bits per heavy atom. The average Bonchev–Trinajstić information content (AvgIpc) is 2.72. The average molecular weight is 388 g/mol. The second kappa shape index (κ2) is 8.73. The number of benzene rings is 2. The van der Waals surface area contributed by atoms with Crippen LogP contribution in [0, 0.1) is 32.1 Å². The molecule has 5 heteroatoms. The first kappa shape index (κ1) is 19.7. The fraction of sp³-hybridized carbons (Fsp3) is 0.174. The van der Waals surface area contributed by atoms with Crippen LogP contribution in [0.1, 0.15) is 22.4 Å². The molecule has 0 aliphatic carbocycles. The Kier molecular flexibility index (Phi) is 6.13. The lowest BCUT2D eigenvalue weighted by atomic mass is 10.1. The van der Waals surface area contributed by atoms with Gasteiger partial charge in [0.1, 0.15) is 11.1 Å². The molecule has 0 radical (unpaired) electrons. The van der Waals surface area contributed by atoms with E-state index in [1.165, 1.54) is 11.8 Å². The summed E-state index contributed by atoms with van der Waals surface area (Å²) in [5, 5.41) is 10.2. The van der Waals surface area contributed by atoms with Gasteiger partial charge in [-0.15, -0.1) is 0 Å². The van der Waals surface area contributed by atoms with Crippen molar-refractivity contribution in [2.24, 2.45) is 0 Å². The third kappa shape index (κ3) is 4.08. The number of thioether (sulfide) groups is 1. The monoisotopic (exact) mass is 387 g/mol. The molecule has 0 N–H and O–H groups in total. The van der Waals surface area contributed by atoms with Crippen molar-refractivity contribution in [3.05, 3.63) is 83.0 Å². The molecule has 3 rings (SSSR count). The zero-order chi connectivity index (χ0) is 20.1. The van der Waals surface area contributed by atoms with E-state index in [1.54, 1.807) is 4.90 Å². The topological polar surface area (TPSA) is 57.0 Å². The van der Waals surface area contributed by atoms with Gasteiger partial charge in [-0.2, -0.15) is 5.26 Å². The number of nitrogens with zero attached hydrogens (tertiary/aromatic N) is 3. The zero-order valence-electron chi connectivity index (χ0n) is 16.1. The highest BCUT2D eigenvalue weighted by Crippen LogP contribution is 2.30. The minimum Gasteiger partial charge on any atom is -0.280 e. The second-order valence-electron chi connectivity index (χ2n) is 6.43. The SMILES string of the molecule is Cc1nc(SCC(=O)N(c2ccccc2)c2ccccc2)c(C#N)c(C)c1C. The molecule has 0 bridgehead atoms. The van der Waals surface area contributed by atoms with Gasteiger partial charge in [0.25, 0.3) is 0 Å². The molecular weight excluding hydrogens is 366 g/mol. The van der Waals surface area contributed by atoms with E-state index in [9.17, 15) is 10.1 Å². The Balaban J connectivity index is 1.89. The summed E-state index contributed by atoms with van der Waals surface area (Å²) in [4.78, 5) is 19.4. The summed E-state index contributed by atoms with van der Waals surface area (Å²) in [7, 11) is 0.